The van der Waals surface area contributed by atoms with Crippen LogP contribution in [0.4, 0.5) is 0 Å². The monoisotopic (exact) mass is 331 g/mol. The molecule has 0 radical (unpaired) electrons. The van der Waals surface area contributed by atoms with Crippen LogP contribution in [0.15, 0.2) is 10.5 Å². The standard InChI is InChI=1S/C14H22BrNOS/c1-10-9-12(15)14(18-10)13(16-2)7-6-11-5-3-4-8-17-11/h9,11,13,16H,3-8H2,1-2H3. The molecule has 1 N–H and O–H groups in total. The maximum absolute atomic E-state index is 5.81. The van der Waals surface area contributed by atoms with Crippen molar-refractivity contribution >= 4 is 27.3 Å². The van der Waals surface area contributed by atoms with Crippen molar-refractivity contribution in [3.05, 3.63) is 20.3 Å². The Balaban J connectivity index is 1.90. The van der Waals surface area contributed by atoms with E-state index in [9.17, 15) is 0 Å². The Bertz CT molecular complexity index is 374. The Morgan fingerprint density at radius 1 is 1.56 bits per heavy atom. The van der Waals surface area contributed by atoms with E-state index in [4.69, 9.17) is 4.74 Å². The molecule has 1 aromatic heterocycles. The van der Waals surface area contributed by atoms with Gasteiger partial charge in [0.1, 0.15) is 0 Å². The molecule has 2 heterocycles. The first-order valence-electron chi connectivity index (χ1n) is 6.75. The van der Waals surface area contributed by atoms with Gasteiger partial charge in [-0.1, -0.05) is 0 Å². The molecule has 4 heteroatoms. The van der Waals surface area contributed by atoms with Crippen LogP contribution in [0.3, 0.4) is 0 Å². The van der Waals surface area contributed by atoms with Crippen molar-refractivity contribution in [2.24, 2.45) is 0 Å². The van der Waals surface area contributed by atoms with Crippen LogP contribution in [-0.2, 0) is 4.74 Å². The number of aryl methyl sites for hydroxylation is 1. The van der Waals surface area contributed by atoms with Crippen LogP contribution in [-0.4, -0.2) is 19.8 Å². The molecule has 2 atom stereocenters. The number of halogens is 1. The third kappa shape index (κ3) is 3.80. The number of hydrogen-bond acceptors (Lipinski definition) is 3. The highest BCUT2D eigenvalue weighted by Gasteiger charge is 2.19. The normalized spacial score (nSPS) is 22.1. The van der Waals surface area contributed by atoms with E-state index in [-0.39, 0.29) is 0 Å². The van der Waals surface area contributed by atoms with Crippen molar-refractivity contribution in [2.75, 3.05) is 13.7 Å². The van der Waals surface area contributed by atoms with Crippen LogP contribution in [0.5, 0.6) is 0 Å². The molecule has 0 saturated carbocycles. The molecule has 0 spiro atoms. The highest BCUT2D eigenvalue weighted by atomic mass is 79.9. The van der Waals surface area contributed by atoms with E-state index in [0.29, 0.717) is 12.1 Å². The van der Waals surface area contributed by atoms with Gasteiger partial charge in [-0.3, -0.25) is 0 Å². The fraction of sp³-hybridized carbons (Fsp3) is 0.714. The van der Waals surface area contributed by atoms with Crippen molar-refractivity contribution in [1.82, 2.24) is 5.32 Å². The van der Waals surface area contributed by atoms with Gasteiger partial charge < -0.3 is 10.1 Å². The van der Waals surface area contributed by atoms with E-state index >= 15 is 0 Å². The Hall–Kier alpha value is 0.100. The van der Waals surface area contributed by atoms with E-state index < -0.39 is 0 Å². The summed E-state index contributed by atoms with van der Waals surface area (Å²) < 4.78 is 7.05. The Morgan fingerprint density at radius 2 is 2.39 bits per heavy atom. The summed E-state index contributed by atoms with van der Waals surface area (Å²) in [7, 11) is 2.05. The molecule has 2 rings (SSSR count). The molecule has 0 aromatic carbocycles. The third-order valence-corrected chi connectivity index (χ3v) is 5.64. The van der Waals surface area contributed by atoms with Crippen LogP contribution in [0.25, 0.3) is 0 Å². The Labute approximate surface area is 122 Å². The molecule has 1 aromatic rings. The van der Waals surface area contributed by atoms with E-state index in [1.807, 2.05) is 18.4 Å². The predicted molar refractivity (Wildman–Crippen MR) is 81.4 cm³/mol. The zero-order valence-corrected chi connectivity index (χ0v) is 13.6. The number of thiophene rings is 1. The molecule has 102 valence electrons. The topological polar surface area (TPSA) is 21.3 Å². The Kier molecular flexibility index (Phi) is 5.67. The summed E-state index contributed by atoms with van der Waals surface area (Å²) in [6.45, 7) is 3.12. The van der Waals surface area contributed by atoms with E-state index in [2.05, 4.69) is 34.2 Å². The molecular formula is C14H22BrNOS. The number of ether oxygens (including phenoxy) is 1. The van der Waals surface area contributed by atoms with Crippen LogP contribution in [0, 0.1) is 6.92 Å². The molecule has 1 fully saturated rings. The van der Waals surface area contributed by atoms with Gasteiger partial charge in [0, 0.05) is 26.9 Å². The zero-order valence-electron chi connectivity index (χ0n) is 11.2. The molecule has 0 aliphatic carbocycles. The zero-order chi connectivity index (χ0) is 13.0. The largest absolute Gasteiger partial charge is 0.378 e. The Morgan fingerprint density at radius 3 is 2.94 bits per heavy atom. The first-order valence-corrected chi connectivity index (χ1v) is 8.36. The van der Waals surface area contributed by atoms with Crippen molar-refractivity contribution in [1.29, 1.82) is 0 Å². The van der Waals surface area contributed by atoms with E-state index in [1.54, 1.807) is 0 Å². The SMILES string of the molecule is CNC(CCC1CCCCO1)c1sc(C)cc1Br. The lowest BCUT2D eigenvalue weighted by atomic mass is 10.0. The first-order chi connectivity index (χ1) is 8.70. The average Bonchev–Trinajstić information content (AvgIpc) is 2.71. The van der Waals surface area contributed by atoms with Gasteiger partial charge in [-0.25, -0.2) is 0 Å². The molecule has 0 amide bonds. The van der Waals surface area contributed by atoms with Gasteiger partial charge in [0.25, 0.3) is 0 Å². The maximum Gasteiger partial charge on any atom is 0.0575 e. The first kappa shape index (κ1) is 14.5. The lowest BCUT2D eigenvalue weighted by molar-refractivity contribution is 0.00870. The average molecular weight is 332 g/mol. The molecular weight excluding hydrogens is 310 g/mol. The molecule has 1 aliphatic heterocycles. The maximum atomic E-state index is 5.81. The second-order valence-electron chi connectivity index (χ2n) is 4.98. The van der Waals surface area contributed by atoms with Gasteiger partial charge in [-0.05, 0) is 68.1 Å². The minimum Gasteiger partial charge on any atom is -0.378 e. The molecule has 0 bridgehead atoms. The lowest BCUT2D eigenvalue weighted by Crippen LogP contribution is -2.22. The summed E-state index contributed by atoms with van der Waals surface area (Å²) in [5.74, 6) is 0. The molecule has 1 aliphatic rings. The van der Waals surface area contributed by atoms with Crippen molar-refractivity contribution in [2.45, 2.75) is 51.2 Å². The van der Waals surface area contributed by atoms with Gasteiger partial charge >= 0.3 is 0 Å². The van der Waals surface area contributed by atoms with E-state index in [1.165, 1.54) is 33.5 Å². The minimum absolute atomic E-state index is 0.448. The summed E-state index contributed by atoms with van der Waals surface area (Å²) in [5, 5.41) is 3.44. The fourth-order valence-corrected chi connectivity index (χ4v) is 4.61. The molecule has 1 saturated heterocycles. The van der Waals surface area contributed by atoms with Crippen LogP contribution in [0.2, 0.25) is 0 Å². The van der Waals surface area contributed by atoms with Crippen LogP contribution < -0.4 is 5.32 Å². The molecule has 18 heavy (non-hydrogen) atoms. The second kappa shape index (κ2) is 7.04. The van der Waals surface area contributed by atoms with Gasteiger partial charge in [-0.15, -0.1) is 11.3 Å². The van der Waals surface area contributed by atoms with E-state index in [0.717, 1.165) is 19.4 Å². The fourth-order valence-electron chi connectivity index (χ4n) is 2.53. The summed E-state index contributed by atoms with van der Waals surface area (Å²) in [6.07, 6.45) is 6.60. The summed E-state index contributed by atoms with van der Waals surface area (Å²) in [4.78, 5) is 2.79. The molecule has 2 nitrogen and oxygen atoms in total. The summed E-state index contributed by atoms with van der Waals surface area (Å²) in [6, 6.07) is 2.66. The number of nitrogens with one attached hydrogen (secondary N) is 1. The van der Waals surface area contributed by atoms with Gasteiger partial charge in [0.15, 0.2) is 0 Å². The highest BCUT2D eigenvalue weighted by molar-refractivity contribution is 9.10. The third-order valence-electron chi connectivity index (χ3n) is 3.55. The van der Waals surface area contributed by atoms with Crippen molar-refractivity contribution in [3.8, 4) is 0 Å². The molecule has 2 unspecified atom stereocenters. The number of hydrogen-bond donors (Lipinski definition) is 1. The second-order valence-corrected chi connectivity index (χ2v) is 7.12. The van der Waals surface area contributed by atoms with Crippen LogP contribution >= 0.6 is 27.3 Å². The quantitative estimate of drug-likeness (QED) is 0.861. The summed E-state index contributed by atoms with van der Waals surface area (Å²) >= 11 is 5.55. The van der Waals surface area contributed by atoms with Gasteiger partial charge in [-0.2, -0.15) is 0 Å². The summed E-state index contributed by atoms with van der Waals surface area (Å²) in [5.41, 5.74) is 0. The van der Waals surface area contributed by atoms with Gasteiger partial charge in [0.05, 0.1) is 6.10 Å². The highest BCUT2D eigenvalue weighted by Crippen LogP contribution is 2.34. The van der Waals surface area contributed by atoms with Crippen LogP contribution in [0.1, 0.15) is 47.9 Å². The van der Waals surface area contributed by atoms with Crippen molar-refractivity contribution < 1.29 is 4.74 Å². The smallest absolute Gasteiger partial charge is 0.0575 e. The predicted octanol–water partition coefficient (Wildman–Crippen LogP) is 4.43. The minimum atomic E-state index is 0.448. The van der Waals surface area contributed by atoms with Crippen molar-refractivity contribution in [3.63, 3.8) is 0 Å². The number of rotatable bonds is 5. The lowest BCUT2D eigenvalue weighted by Gasteiger charge is -2.24. The van der Waals surface area contributed by atoms with Gasteiger partial charge in [0.2, 0.25) is 0 Å².